The molecular weight excluding hydrogens is 332 g/mol. The number of phenols is 2. The topological polar surface area (TPSA) is 87.0 Å². The van der Waals surface area contributed by atoms with Crippen LogP contribution in [-0.4, -0.2) is 28.7 Å². The van der Waals surface area contributed by atoms with E-state index in [1.54, 1.807) is 0 Å². The van der Waals surface area contributed by atoms with E-state index in [1.807, 2.05) is 34.6 Å². The molecule has 2 aliphatic rings. The second-order valence-corrected chi connectivity index (χ2v) is 9.18. The van der Waals surface area contributed by atoms with Crippen LogP contribution in [0.15, 0.2) is 0 Å². The van der Waals surface area contributed by atoms with E-state index in [4.69, 9.17) is 4.74 Å². The second kappa shape index (κ2) is 5.62. The molecule has 2 aliphatic carbocycles. The molecule has 144 valence electrons. The Kier molecular flexibility index (Phi) is 4.11. The van der Waals surface area contributed by atoms with Crippen LogP contribution >= 0.6 is 0 Å². The molecule has 1 aromatic carbocycles. The van der Waals surface area contributed by atoms with Crippen LogP contribution in [0, 0.1) is 11.3 Å². The first-order chi connectivity index (χ1) is 12.0. The molecule has 1 saturated carbocycles. The predicted molar refractivity (Wildman–Crippen MR) is 98.8 cm³/mol. The highest BCUT2D eigenvalue weighted by Gasteiger charge is 2.66. The van der Waals surface area contributed by atoms with Gasteiger partial charge >= 0.3 is 0 Å². The second-order valence-electron chi connectivity index (χ2n) is 9.18. The molecule has 0 amide bonds. The monoisotopic (exact) mass is 362 g/mol. The van der Waals surface area contributed by atoms with Crippen molar-refractivity contribution >= 4 is 6.29 Å². The van der Waals surface area contributed by atoms with E-state index in [2.05, 4.69) is 0 Å². The lowest BCUT2D eigenvalue weighted by atomic mass is 9.54. The lowest BCUT2D eigenvalue weighted by Gasteiger charge is -2.50. The van der Waals surface area contributed by atoms with Crippen molar-refractivity contribution in [2.24, 2.45) is 11.3 Å². The van der Waals surface area contributed by atoms with Crippen molar-refractivity contribution in [3.05, 3.63) is 16.7 Å². The summed E-state index contributed by atoms with van der Waals surface area (Å²) in [6, 6.07) is 0. The molecule has 1 aromatic rings. The maximum atomic E-state index is 12.2. The van der Waals surface area contributed by atoms with Crippen molar-refractivity contribution in [1.29, 1.82) is 0 Å². The Morgan fingerprint density at radius 1 is 1.12 bits per heavy atom. The molecule has 3 N–H and O–H groups in total. The molecular formula is C21H30O5. The third kappa shape index (κ3) is 2.10. The smallest absolute Gasteiger partial charge is 0.167 e. The van der Waals surface area contributed by atoms with E-state index in [0.29, 0.717) is 17.4 Å². The number of aliphatic hydroxyl groups is 1. The van der Waals surface area contributed by atoms with Gasteiger partial charge in [-0.3, -0.25) is 4.79 Å². The molecule has 0 heterocycles. The number of carbonyl (C=O) groups is 1. The number of aldehydes is 1. The fourth-order valence-electron chi connectivity index (χ4n) is 6.09. The van der Waals surface area contributed by atoms with E-state index in [-0.39, 0.29) is 34.1 Å². The first kappa shape index (κ1) is 19.0. The summed E-state index contributed by atoms with van der Waals surface area (Å²) in [5, 5.41) is 33.8. The zero-order chi connectivity index (χ0) is 19.7. The van der Waals surface area contributed by atoms with Gasteiger partial charge in [-0.25, -0.2) is 0 Å². The molecule has 5 nitrogen and oxygen atoms in total. The van der Waals surface area contributed by atoms with E-state index in [0.717, 1.165) is 19.3 Å². The lowest BCUT2D eigenvalue weighted by molar-refractivity contribution is -0.145. The highest BCUT2D eigenvalue weighted by molar-refractivity contribution is 5.79. The fraction of sp³-hybridized carbons (Fsp3) is 0.667. The van der Waals surface area contributed by atoms with Gasteiger partial charge in [-0.15, -0.1) is 0 Å². The van der Waals surface area contributed by atoms with Crippen LogP contribution in [0.5, 0.6) is 17.2 Å². The van der Waals surface area contributed by atoms with Gasteiger partial charge in [0.25, 0.3) is 0 Å². The number of phenolic OH excluding ortho intramolecular Hbond substituents is 2. The summed E-state index contributed by atoms with van der Waals surface area (Å²) in [6.45, 7) is 9.81. The molecule has 1 fully saturated rings. The molecule has 0 aromatic heterocycles. The third-order valence-electron chi connectivity index (χ3n) is 6.75. The average Bonchev–Trinajstić information content (AvgIpc) is 2.76. The number of rotatable bonds is 3. The molecule has 0 bridgehead atoms. The first-order valence-corrected chi connectivity index (χ1v) is 9.32. The summed E-state index contributed by atoms with van der Waals surface area (Å²) in [7, 11) is 1.46. The molecule has 3 atom stereocenters. The number of methoxy groups -OCH3 is 1. The Balaban J connectivity index is 2.49. The first-order valence-electron chi connectivity index (χ1n) is 9.32. The summed E-state index contributed by atoms with van der Waals surface area (Å²) in [5.74, 6) is -0.555. The highest BCUT2D eigenvalue weighted by atomic mass is 16.5. The molecule has 26 heavy (non-hydrogen) atoms. The van der Waals surface area contributed by atoms with Crippen molar-refractivity contribution < 1.29 is 24.9 Å². The molecule has 0 spiro atoms. The van der Waals surface area contributed by atoms with Crippen LogP contribution in [0.1, 0.15) is 76.5 Å². The van der Waals surface area contributed by atoms with Gasteiger partial charge in [-0.05, 0) is 24.2 Å². The van der Waals surface area contributed by atoms with E-state index in [9.17, 15) is 20.1 Å². The van der Waals surface area contributed by atoms with Gasteiger partial charge < -0.3 is 20.1 Å². The third-order valence-corrected chi connectivity index (χ3v) is 6.75. The quantitative estimate of drug-likeness (QED) is 0.563. The van der Waals surface area contributed by atoms with E-state index >= 15 is 0 Å². The Morgan fingerprint density at radius 2 is 1.73 bits per heavy atom. The van der Waals surface area contributed by atoms with Crippen LogP contribution in [0.25, 0.3) is 0 Å². The van der Waals surface area contributed by atoms with Gasteiger partial charge in [0.1, 0.15) is 5.75 Å². The van der Waals surface area contributed by atoms with Crippen molar-refractivity contribution in [1.82, 2.24) is 0 Å². The number of aromatic hydroxyl groups is 2. The largest absolute Gasteiger partial charge is 0.507 e. The van der Waals surface area contributed by atoms with Gasteiger partial charge in [0.15, 0.2) is 23.4 Å². The minimum Gasteiger partial charge on any atom is -0.507 e. The zero-order valence-electron chi connectivity index (χ0n) is 16.5. The zero-order valence-corrected chi connectivity index (χ0v) is 16.5. The molecule has 0 aliphatic heterocycles. The number of ether oxygens (including phenoxy) is 1. The van der Waals surface area contributed by atoms with Gasteiger partial charge in [-0.1, -0.05) is 41.0 Å². The maximum absolute atomic E-state index is 12.2. The van der Waals surface area contributed by atoms with Gasteiger partial charge in [0, 0.05) is 28.0 Å². The normalized spacial score (nSPS) is 32.2. The molecule has 3 rings (SSSR count). The van der Waals surface area contributed by atoms with Gasteiger partial charge in [-0.2, -0.15) is 0 Å². The lowest BCUT2D eigenvalue weighted by Crippen LogP contribution is -2.51. The minimum atomic E-state index is -1.84. The van der Waals surface area contributed by atoms with Crippen molar-refractivity contribution in [3.8, 4) is 17.2 Å². The Hall–Kier alpha value is -1.75. The summed E-state index contributed by atoms with van der Waals surface area (Å²) in [4.78, 5) is 12.2. The highest BCUT2D eigenvalue weighted by Crippen LogP contribution is 2.69. The van der Waals surface area contributed by atoms with Crippen molar-refractivity contribution in [3.63, 3.8) is 0 Å². The maximum Gasteiger partial charge on any atom is 0.167 e. The number of hydrogen-bond acceptors (Lipinski definition) is 5. The summed E-state index contributed by atoms with van der Waals surface area (Å²) >= 11 is 0. The van der Waals surface area contributed by atoms with Gasteiger partial charge in [0.05, 0.1) is 7.11 Å². The summed E-state index contributed by atoms with van der Waals surface area (Å²) < 4.78 is 5.44. The number of carbonyl (C=O) groups excluding carboxylic acids is 1. The number of benzene rings is 1. The van der Waals surface area contributed by atoms with Crippen LogP contribution < -0.4 is 4.74 Å². The average molecular weight is 362 g/mol. The Labute approximate surface area is 155 Å². The summed E-state index contributed by atoms with van der Waals surface area (Å²) in [6.07, 6.45) is 3.06. The van der Waals surface area contributed by atoms with E-state index < -0.39 is 16.9 Å². The van der Waals surface area contributed by atoms with Crippen LogP contribution in [0.4, 0.5) is 0 Å². The Morgan fingerprint density at radius 3 is 2.23 bits per heavy atom. The van der Waals surface area contributed by atoms with Crippen molar-refractivity contribution in [2.45, 2.75) is 70.8 Å². The standard InChI is InChI=1S/C21H30O5/c1-11(2)12-15(23)14-13(16(24)17(12)26-6)20(5)9-7-8-19(3,4)18(20)21(14,25)10-22/h10-11,18,23-25H,7-9H2,1-6H3. The van der Waals surface area contributed by atoms with Crippen LogP contribution in [0.2, 0.25) is 0 Å². The molecule has 0 radical (unpaired) electrons. The summed E-state index contributed by atoms with van der Waals surface area (Å²) in [5.41, 5.74) is -1.75. The molecule has 5 heteroatoms. The minimum absolute atomic E-state index is 0.0630. The van der Waals surface area contributed by atoms with Gasteiger partial charge in [0.2, 0.25) is 0 Å². The van der Waals surface area contributed by atoms with Crippen molar-refractivity contribution in [2.75, 3.05) is 7.11 Å². The molecule has 0 saturated heterocycles. The van der Waals surface area contributed by atoms with E-state index in [1.165, 1.54) is 7.11 Å². The predicted octanol–water partition coefficient (Wildman–Crippen LogP) is 3.71. The number of hydrogen-bond donors (Lipinski definition) is 3. The fourth-order valence-corrected chi connectivity index (χ4v) is 6.09. The SMILES string of the molecule is COc1c(O)c2c(c(O)c1C(C)C)C(O)(C=O)C1C(C)(C)CCCC21C. The van der Waals surface area contributed by atoms with Crippen LogP contribution in [0.3, 0.4) is 0 Å². The number of fused-ring (bicyclic) bond motifs is 3. The van der Waals surface area contributed by atoms with Crippen LogP contribution in [-0.2, 0) is 15.8 Å². The molecule has 3 unspecified atom stereocenters. The Bertz CT molecular complexity index is 766.